The average Bonchev–Trinajstić information content (AvgIpc) is 3.68. The number of rotatable bonds is 9. The minimum atomic E-state index is -0.636. The zero-order valence-corrected chi connectivity index (χ0v) is 28.3. The zero-order chi connectivity index (χ0) is 30.1. The van der Waals surface area contributed by atoms with Gasteiger partial charge in [0.1, 0.15) is 10.6 Å². The third-order valence-electron chi connectivity index (χ3n) is 7.22. The van der Waals surface area contributed by atoms with Crippen molar-refractivity contribution in [3.63, 3.8) is 0 Å². The summed E-state index contributed by atoms with van der Waals surface area (Å²) in [7, 11) is 1.51. The first kappa shape index (κ1) is 31.8. The maximum atomic E-state index is 13.8. The summed E-state index contributed by atoms with van der Waals surface area (Å²) in [6, 6.07) is 23.6. The molecule has 0 aliphatic heterocycles. The molecular formula is C32H27KN4O6S. The second kappa shape index (κ2) is 13.5. The fraction of sp³-hybridized carbons (Fsp3) is 0.156. The van der Waals surface area contributed by atoms with Gasteiger partial charge in [-0.2, -0.15) is 0 Å². The van der Waals surface area contributed by atoms with Crippen molar-refractivity contribution in [3.8, 4) is 28.3 Å². The first-order valence-electron chi connectivity index (χ1n) is 13.5. The number of fused-ring (bicyclic) bond motifs is 1. The Kier molecular flexibility index (Phi) is 9.78. The van der Waals surface area contributed by atoms with Gasteiger partial charge in [0, 0.05) is 16.0 Å². The number of aromatic nitrogens is 4. The third kappa shape index (κ3) is 6.27. The number of methoxy groups -OCH3 is 1. The van der Waals surface area contributed by atoms with Gasteiger partial charge in [-0.1, -0.05) is 72.7 Å². The van der Waals surface area contributed by atoms with Gasteiger partial charge in [0.25, 0.3) is 5.56 Å². The summed E-state index contributed by atoms with van der Waals surface area (Å²) in [5.74, 6) is -0.166. The molecule has 0 bridgehead atoms. The van der Waals surface area contributed by atoms with Crippen molar-refractivity contribution >= 4 is 27.3 Å². The molecule has 3 aromatic carbocycles. The molecule has 0 saturated heterocycles. The molecule has 0 spiro atoms. The molecule has 0 saturated carbocycles. The Labute approximate surface area is 298 Å². The van der Waals surface area contributed by atoms with E-state index in [0.29, 0.717) is 39.3 Å². The van der Waals surface area contributed by atoms with E-state index in [9.17, 15) is 19.2 Å². The first-order chi connectivity index (χ1) is 20.9. The summed E-state index contributed by atoms with van der Waals surface area (Å²) >= 11 is 1.41. The van der Waals surface area contributed by atoms with Crippen molar-refractivity contribution in [2.75, 3.05) is 7.11 Å². The minimum Gasteiger partial charge on any atom is -1.00 e. The Morgan fingerprint density at radius 2 is 1.73 bits per heavy atom. The molecule has 0 radical (unpaired) electrons. The molecule has 0 fully saturated rings. The van der Waals surface area contributed by atoms with Gasteiger partial charge in [0.05, 0.1) is 25.6 Å². The third-order valence-corrected chi connectivity index (χ3v) is 8.52. The average molecular weight is 635 g/mol. The van der Waals surface area contributed by atoms with E-state index in [1.807, 2.05) is 55.5 Å². The van der Waals surface area contributed by atoms with Gasteiger partial charge >= 0.3 is 62.8 Å². The number of ketones is 1. The monoisotopic (exact) mass is 634 g/mol. The van der Waals surface area contributed by atoms with Crippen molar-refractivity contribution in [2.45, 2.75) is 26.4 Å². The van der Waals surface area contributed by atoms with E-state index in [2.05, 4.69) is 14.7 Å². The predicted octanol–water partition coefficient (Wildman–Crippen LogP) is 1.85. The van der Waals surface area contributed by atoms with Gasteiger partial charge in [0.15, 0.2) is 11.6 Å². The van der Waals surface area contributed by atoms with Gasteiger partial charge in [0.2, 0.25) is 0 Å². The first-order valence-corrected chi connectivity index (χ1v) is 14.4. The Hall–Kier alpha value is -3.65. The molecule has 10 nitrogen and oxygen atoms in total. The standard InChI is InChI=1S/C32H26N4O6S.K.H/c1-3-23-16-26-29(38)35(18-27(37)21-7-6-8-22(15-21)41-2)32(40)36(30(26)43-23)17-19-11-13-20(14-12-19)24-9-4-5-10-25(24)28-33-31(39)42-34-28;;/h4-16H,3,17-18H2,1-2H3,(H,33,34,39);;/q;+1;-1. The van der Waals surface area contributed by atoms with Crippen LogP contribution >= 0.6 is 11.3 Å². The molecule has 0 aliphatic carbocycles. The Balaban J connectivity index is 0.00000230. The van der Waals surface area contributed by atoms with Crippen LogP contribution in [-0.4, -0.2) is 32.2 Å². The number of Topliss-reactive ketones (excluding diaryl/α,β-unsaturated/α-hetero) is 1. The van der Waals surface area contributed by atoms with Crippen LogP contribution in [0, 0.1) is 0 Å². The van der Waals surface area contributed by atoms with Crippen molar-refractivity contribution in [1.82, 2.24) is 19.3 Å². The smallest absolute Gasteiger partial charge is 1.00 e. The van der Waals surface area contributed by atoms with Crippen molar-refractivity contribution < 1.29 is 66.9 Å². The number of carbonyl (C=O) groups is 1. The SMILES string of the molecule is CCc1cc2c(=O)n(CC(=O)c3cccc(OC)c3)c(=O)n(Cc3ccc(-c4ccccc4-c4noc(=O)[nH]4)cc3)c2s1.[H-].[K+]. The van der Waals surface area contributed by atoms with E-state index >= 15 is 0 Å². The molecule has 0 atom stereocenters. The molecular weight excluding hydrogens is 608 g/mol. The molecule has 218 valence electrons. The number of aryl methyl sites for hydroxylation is 1. The number of nitrogens with one attached hydrogen (secondary N) is 1. The number of aromatic amines is 1. The van der Waals surface area contributed by atoms with E-state index in [1.165, 1.54) is 18.4 Å². The maximum Gasteiger partial charge on any atom is 1.00 e. The Morgan fingerprint density at radius 3 is 2.41 bits per heavy atom. The second-order valence-corrected chi connectivity index (χ2v) is 11.0. The predicted molar refractivity (Wildman–Crippen MR) is 165 cm³/mol. The van der Waals surface area contributed by atoms with Crippen LogP contribution in [0.25, 0.3) is 32.7 Å². The molecule has 0 amide bonds. The van der Waals surface area contributed by atoms with Crippen molar-refractivity contribution in [3.05, 3.63) is 126 Å². The molecule has 0 aliphatic rings. The van der Waals surface area contributed by atoms with Gasteiger partial charge in [-0.25, -0.2) is 9.59 Å². The number of nitrogens with zero attached hydrogens (tertiary/aromatic N) is 3. The molecule has 44 heavy (non-hydrogen) atoms. The fourth-order valence-electron chi connectivity index (χ4n) is 4.99. The fourth-order valence-corrected chi connectivity index (χ4v) is 6.07. The van der Waals surface area contributed by atoms with Crippen LogP contribution in [0.4, 0.5) is 0 Å². The van der Waals surface area contributed by atoms with Crippen LogP contribution < -0.4 is 73.1 Å². The minimum absolute atomic E-state index is 0. The Morgan fingerprint density at radius 1 is 0.977 bits per heavy atom. The van der Waals surface area contributed by atoms with Crippen LogP contribution in [0.15, 0.2) is 97.8 Å². The van der Waals surface area contributed by atoms with Gasteiger partial charge < -0.3 is 6.16 Å². The maximum absolute atomic E-state index is 13.8. The van der Waals surface area contributed by atoms with Crippen LogP contribution in [0.2, 0.25) is 0 Å². The van der Waals surface area contributed by atoms with Crippen LogP contribution in [0.1, 0.15) is 29.1 Å². The number of H-pyrrole nitrogens is 1. The van der Waals surface area contributed by atoms with Gasteiger partial charge in [-0.05, 0) is 41.3 Å². The molecule has 6 rings (SSSR count). The molecule has 1 N–H and O–H groups in total. The molecule has 6 aromatic rings. The van der Waals surface area contributed by atoms with Gasteiger partial charge in [-0.3, -0.25) is 28.2 Å². The molecule has 0 unspecified atom stereocenters. The number of ether oxygens (including phenoxy) is 1. The van der Waals surface area contributed by atoms with Crippen LogP contribution in [0.3, 0.4) is 0 Å². The molecule has 12 heteroatoms. The number of carbonyl (C=O) groups excluding carboxylic acids is 1. The van der Waals surface area contributed by atoms with E-state index in [1.54, 1.807) is 34.9 Å². The summed E-state index contributed by atoms with van der Waals surface area (Å²) in [4.78, 5) is 56.1. The second-order valence-electron chi connectivity index (χ2n) is 9.89. The number of hydrogen-bond donors (Lipinski definition) is 1. The van der Waals surface area contributed by atoms with E-state index < -0.39 is 23.5 Å². The molecule has 3 aromatic heterocycles. The molecule has 3 heterocycles. The number of thiophene rings is 1. The zero-order valence-electron chi connectivity index (χ0n) is 25.3. The number of benzene rings is 3. The largest absolute Gasteiger partial charge is 1.00 e. The van der Waals surface area contributed by atoms with Gasteiger partial charge in [-0.15, -0.1) is 11.3 Å². The van der Waals surface area contributed by atoms with Crippen LogP contribution in [0.5, 0.6) is 5.75 Å². The summed E-state index contributed by atoms with van der Waals surface area (Å²) in [6.07, 6.45) is 0.709. The van der Waals surface area contributed by atoms with E-state index in [-0.39, 0.29) is 65.1 Å². The number of hydrogen-bond acceptors (Lipinski definition) is 8. The Bertz CT molecular complexity index is 2160. The van der Waals surface area contributed by atoms with Crippen molar-refractivity contribution in [2.24, 2.45) is 0 Å². The topological polar surface area (TPSA) is 129 Å². The normalized spacial score (nSPS) is 11.0. The summed E-state index contributed by atoms with van der Waals surface area (Å²) in [5, 5.41) is 4.23. The van der Waals surface area contributed by atoms with Crippen LogP contribution in [-0.2, 0) is 19.5 Å². The summed E-state index contributed by atoms with van der Waals surface area (Å²) in [6.45, 7) is 1.80. The van der Waals surface area contributed by atoms with E-state index in [4.69, 9.17) is 4.74 Å². The van der Waals surface area contributed by atoms with E-state index in [0.717, 1.165) is 26.1 Å². The summed E-state index contributed by atoms with van der Waals surface area (Å²) in [5.41, 5.74) is 2.56. The van der Waals surface area contributed by atoms with Crippen molar-refractivity contribution in [1.29, 1.82) is 0 Å². The summed E-state index contributed by atoms with van der Waals surface area (Å²) < 4.78 is 12.5. The quantitative estimate of drug-likeness (QED) is 0.190.